The van der Waals surface area contributed by atoms with Gasteiger partial charge in [-0.3, -0.25) is 4.90 Å². The second kappa shape index (κ2) is 4.23. The van der Waals surface area contributed by atoms with Gasteiger partial charge < -0.3 is 4.57 Å². The summed E-state index contributed by atoms with van der Waals surface area (Å²) in [6.45, 7) is 7.73. The molecular weight excluding hydrogens is 256 g/mol. The van der Waals surface area contributed by atoms with Crippen molar-refractivity contribution in [3.05, 3.63) is 47.7 Å². The van der Waals surface area contributed by atoms with E-state index in [4.69, 9.17) is 0 Å². The maximum atomic E-state index is 4.33. The standard InChI is InChI=1S/C19H24N2/c1-5-19-10-13(2)11-21(4)17(19)9-14-12-20(3)16-8-6-7-15(19)18(14)16/h6-8,12,17H,2,5,9-11H2,1,3-4H3/t17?,19-/m1/s1. The smallest absolute Gasteiger partial charge is 0.0483 e. The first kappa shape index (κ1) is 13.1. The molecule has 110 valence electrons. The summed E-state index contributed by atoms with van der Waals surface area (Å²) in [6, 6.07) is 7.47. The number of hydrogen-bond donors (Lipinski definition) is 0. The van der Waals surface area contributed by atoms with Crippen molar-refractivity contribution in [2.75, 3.05) is 13.6 Å². The number of rotatable bonds is 1. The fraction of sp³-hybridized carbons (Fsp3) is 0.474. The Morgan fingerprint density at radius 2 is 2.14 bits per heavy atom. The highest BCUT2D eigenvalue weighted by atomic mass is 15.2. The number of piperidine rings is 1. The SMILES string of the molecule is C=C1CN(C)C2Cc3cn(C)c4cccc(c34)[C@@]2(CC)C1. The van der Waals surface area contributed by atoms with Crippen LogP contribution in [0.2, 0.25) is 0 Å². The molecule has 2 heterocycles. The van der Waals surface area contributed by atoms with E-state index in [1.165, 1.54) is 34.9 Å². The summed E-state index contributed by atoms with van der Waals surface area (Å²) >= 11 is 0. The Kier molecular flexibility index (Phi) is 2.65. The van der Waals surface area contributed by atoms with Crippen molar-refractivity contribution >= 4 is 10.9 Å². The highest BCUT2D eigenvalue weighted by molar-refractivity contribution is 5.89. The number of aromatic nitrogens is 1. The molecule has 1 fully saturated rings. The number of nitrogens with zero attached hydrogens (tertiary/aromatic N) is 2. The molecule has 1 aliphatic heterocycles. The topological polar surface area (TPSA) is 8.17 Å². The predicted octanol–water partition coefficient (Wildman–Crippen LogP) is 3.64. The third kappa shape index (κ3) is 1.57. The molecule has 1 saturated heterocycles. The molecule has 0 saturated carbocycles. The average Bonchev–Trinajstić information content (AvgIpc) is 2.78. The van der Waals surface area contributed by atoms with E-state index in [9.17, 15) is 0 Å². The summed E-state index contributed by atoms with van der Waals surface area (Å²) in [4.78, 5) is 2.53. The van der Waals surface area contributed by atoms with Crippen LogP contribution in [0, 0.1) is 0 Å². The van der Waals surface area contributed by atoms with Gasteiger partial charge in [-0.2, -0.15) is 0 Å². The third-order valence-corrected chi connectivity index (χ3v) is 5.88. The summed E-state index contributed by atoms with van der Waals surface area (Å²) < 4.78 is 2.30. The molecule has 2 aromatic rings. The van der Waals surface area contributed by atoms with E-state index in [1.54, 1.807) is 5.56 Å². The van der Waals surface area contributed by atoms with Crippen LogP contribution in [0.3, 0.4) is 0 Å². The van der Waals surface area contributed by atoms with Crippen molar-refractivity contribution in [3.8, 4) is 0 Å². The Morgan fingerprint density at radius 1 is 1.33 bits per heavy atom. The Hall–Kier alpha value is -1.54. The molecule has 0 spiro atoms. The van der Waals surface area contributed by atoms with Crippen LogP contribution in [-0.4, -0.2) is 29.1 Å². The van der Waals surface area contributed by atoms with Crippen molar-refractivity contribution in [1.29, 1.82) is 0 Å². The van der Waals surface area contributed by atoms with E-state index >= 15 is 0 Å². The van der Waals surface area contributed by atoms with Crippen molar-refractivity contribution in [3.63, 3.8) is 0 Å². The molecule has 2 atom stereocenters. The lowest BCUT2D eigenvalue weighted by Crippen LogP contribution is -2.56. The molecule has 0 N–H and O–H groups in total. The maximum Gasteiger partial charge on any atom is 0.0483 e. The van der Waals surface area contributed by atoms with Gasteiger partial charge >= 0.3 is 0 Å². The van der Waals surface area contributed by atoms with Crippen LogP contribution in [-0.2, 0) is 18.9 Å². The van der Waals surface area contributed by atoms with Crippen LogP contribution in [0.15, 0.2) is 36.5 Å². The summed E-state index contributed by atoms with van der Waals surface area (Å²) in [6.07, 6.45) is 5.84. The van der Waals surface area contributed by atoms with Gasteiger partial charge in [-0.1, -0.05) is 31.2 Å². The van der Waals surface area contributed by atoms with Crippen LogP contribution < -0.4 is 0 Å². The van der Waals surface area contributed by atoms with E-state index in [1.807, 2.05) is 0 Å². The molecule has 1 unspecified atom stereocenters. The lowest BCUT2D eigenvalue weighted by atomic mass is 9.61. The maximum absolute atomic E-state index is 4.33. The zero-order chi connectivity index (χ0) is 14.8. The molecule has 1 aliphatic carbocycles. The molecule has 21 heavy (non-hydrogen) atoms. The monoisotopic (exact) mass is 280 g/mol. The van der Waals surface area contributed by atoms with Crippen molar-refractivity contribution in [2.24, 2.45) is 7.05 Å². The Bertz CT molecular complexity index is 739. The van der Waals surface area contributed by atoms with Gasteiger partial charge in [0.05, 0.1) is 0 Å². The molecule has 1 aromatic heterocycles. The minimum atomic E-state index is 0.248. The summed E-state index contributed by atoms with van der Waals surface area (Å²) in [5, 5.41) is 1.52. The van der Waals surface area contributed by atoms with E-state index in [2.05, 4.69) is 61.5 Å². The number of hydrogen-bond acceptors (Lipinski definition) is 1. The fourth-order valence-electron chi connectivity index (χ4n) is 5.00. The quantitative estimate of drug-likeness (QED) is 0.724. The molecule has 2 nitrogen and oxygen atoms in total. The van der Waals surface area contributed by atoms with Gasteiger partial charge in [-0.05, 0) is 43.5 Å². The number of likely N-dealkylation sites (tertiary alicyclic amines) is 1. The van der Waals surface area contributed by atoms with Crippen molar-refractivity contribution in [2.45, 2.75) is 37.6 Å². The Labute approximate surface area is 127 Å². The van der Waals surface area contributed by atoms with Gasteiger partial charge in [0.1, 0.15) is 0 Å². The van der Waals surface area contributed by atoms with Crippen LogP contribution in [0.1, 0.15) is 30.9 Å². The second-order valence-corrected chi connectivity index (χ2v) is 7.04. The summed E-state index contributed by atoms with van der Waals surface area (Å²) in [7, 11) is 4.44. The fourth-order valence-corrected chi connectivity index (χ4v) is 5.00. The largest absolute Gasteiger partial charge is 0.350 e. The third-order valence-electron chi connectivity index (χ3n) is 5.88. The number of fused-ring (bicyclic) bond motifs is 2. The first-order valence-corrected chi connectivity index (χ1v) is 8.01. The zero-order valence-corrected chi connectivity index (χ0v) is 13.3. The van der Waals surface area contributed by atoms with E-state index in [-0.39, 0.29) is 5.41 Å². The Morgan fingerprint density at radius 3 is 2.90 bits per heavy atom. The summed E-state index contributed by atoms with van der Waals surface area (Å²) in [5.41, 5.74) is 6.09. The van der Waals surface area contributed by atoms with Crippen LogP contribution in [0.5, 0.6) is 0 Å². The van der Waals surface area contributed by atoms with E-state index in [0.717, 1.165) is 13.0 Å². The van der Waals surface area contributed by atoms with Gasteiger partial charge in [-0.25, -0.2) is 0 Å². The van der Waals surface area contributed by atoms with Crippen LogP contribution in [0.25, 0.3) is 10.9 Å². The number of likely N-dealkylation sites (N-methyl/N-ethyl adjacent to an activating group) is 1. The highest BCUT2D eigenvalue weighted by Gasteiger charge is 2.48. The Balaban J connectivity index is 2.05. The minimum Gasteiger partial charge on any atom is -0.350 e. The van der Waals surface area contributed by atoms with Crippen molar-refractivity contribution in [1.82, 2.24) is 9.47 Å². The summed E-state index contributed by atoms with van der Waals surface area (Å²) in [5.74, 6) is 0. The second-order valence-electron chi connectivity index (χ2n) is 7.04. The minimum absolute atomic E-state index is 0.248. The first-order chi connectivity index (χ1) is 10.1. The van der Waals surface area contributed by atoms with Gasteiger partial charge in [0.15, 0.2) is 0 Å². The normalized spacial score (nSPS) is 28.9. The van der Waals surface area contributed by atoms with E-state index in [0.29, 0.717) is 6.04 Å². The van der Waals surface area contributed by atoms with Gasteiger partial charge in [0.25, 0.3) is 0 Å². The molecule has 4 rings (SSSR count). The predicted molar refractivity (Wildman–Crippen MR) is 88.8 cm³/mol. The van der Waals surface area contributed by atoms with Crippen molar-refractivity contribution < 1.29 is 0 Å². The molecular formula is C19H24N2. The molecule has 0 amide bonds. The first-order valence-electron chi connectivity index (χ1n) is 8.01. The number of benzene rings is 1. The molecule has 1 aromatic carbocycles. The molecule has 0 bridgehead atoms. The molecule has 0 radical (unpaired) electrons. The zero-order valence-electron chi connectivity index (χ0n) is 13.3. The molecule has 2 heteroatoms. The van der Waals surface area contributed by atoms with Gasteiger partial charge in [-0.15, -0.1) is 0 Å². The lowest BCUT2D eigenvalue weighted by Gasteiger charge is -2.52. The van der Waals surface area contributed by atoms with Crippen LogP contribution in [0.4, 0.5) is 0 Å². The highest BCUT2D eigenvalue weighted by Crippen LogP contribution is 2.50. The number of aryl methyl sites for hydroxylation is 1. The molecule has 2 aliphatic rings. The van der Waals surface area contributed by atoms with E-state index < -0.39 is 0 Å². The van der Waals surface area contributed by atoms with Crippen LogP contribution >= 0.6 is 0 Å². The van der Waals surface area contributed by atoms with Gasteiger partial charge in [0.2, 0.25) is 0 Å². The lowest BCUT2D eigenvalue weighted by molar-refractivity contribution is 0.114. The average molecular weight is 280 g/mol. The van der Waals surface area contributed by atoms with Gasteiger partial charge in [0, 0.05) is 42.1 Å².